The summed E-state index contributed by atoms with van der Waals surface area (Å²) in [7, 11) is 0. The summed E-state index contributed by atoms with van der Waals surface area (Å²) in [6.07, 6.45) is 2.30. The van der Waals surface area contributed by atoms with E-state index in [1.54, 1.807) is 0 Å². The van der Waals surface area contributed by atoms with Gasteiger partial charge in [-0.2, -0.15) is 0 Å². The summed E-state index contributed by atoms with van der Waals surface area (Å²) < 4.78 is 16.4. The Morgan fingerprint density at radius 3 is 0.935 bits per heavy atom. The smallest absolute Gasteiger partial charge is 0.306 e. The molecular formula is C25H46O6. The minimum absolute atomic E-state index is 0.153. The Hall–Kier alpha value is -1.59. The molecule has 0 fully saturated rings. The van der Waals surface area contributed by atoms with Gasteiger partial charge in [0.15, 0.2) is 0 Å². The SMILES string of the molecule is CC(C)C(CCC(=O)OC(C)(C)C)(CCC(=O)OC(C)(C)C)CCC(=O)OC(C)(C)C. The third-order valence-corrected chi connectivity index (χ3v) is 4.97. The second-order valence-corrected chi connectivity index (χ2v) is 11.8. The molecule has 0 aliphatic carbocycles. The standard InChI is InChI=1S/C25H46O6/c1-18(2)25(15-12-19(26)29-22(3,4)5,16-13-20(27)30-23(6,7)8)17-14-21(28)31-24(9,10)11/h18H,12-17H2,1-11H3. The van der Waals surface area contributed by atoms with Crippen LogP contribution >= 0.6 is 0 Å². The van der Waals surface area contributed by atoms with Crippen LogP contribution in [-0.2, 0) is 28.6 Å². The zero-order chi connectivity index (χ0) is 24.7. The normalized spacial score (nSPS) is 13.2. The van der Waals surface area contributed by atoms with Crippen molar-refractivity contribution >= 4 is 17.9 Å². The Kier molecular flexibility index (Phi) is 10.7. The molecule has 6 nitrogen and oxygen atoms in total. The topological polar surface area (TPSA) is 78.9 Å². The summed E-state index contributed by atoms with van der Waals surface area (Å²) in [4.78, 5) is 37.1. The highest BCUT2D eigenvalue weighted by molar-refractivity contribution is 5.71. The lowest BCUT2D eigenvalue weighted by Crippen LogP contribution is -2.33. The molecule has 0 radical (unpaired) electrons. The molecule has 0 saturated carbocycles. The number of esters is 3. The molecule has 0 spiro atoms. The highest BCUT2D eigenvalue weighted by Gasteiger charge is 2.36. The average molecular weight is 443 g/mol. The molecule has 0 aliphatic rings. The molecule has 0 aromatic carbocycles. The number of ether oxygens (including phenoxy) is 3. The molecule has 0 amide bonds. The molecule has 0 saturated heterocycles. The van der Waals surface area contributed by atoms with E-state index in [4.69, 9.17) is 14.2 Å². The number of carbonyl (C=O) groups excluding carboxylic acids is 3. The van der Waals surface area contributed by atoms with Crippen LogP contribution in [0.5, 0.6) is 0 Å². The van der Waals surface area contributed by atoms with Gasteiger partial charge in [0.1, 0.15) is 16.8 Å². The van der Waals surface area contributed by atoms with E-state index in [2.05, 4.69) is 13.8 Å². The lowest BCUT2D eigenvalue weighted by Gasteiger charge is -2.38. The predicted octanol–water partition coefficient (Wildman–Crippen LogP) is 5.99. The fourth-order valence-electron chi connectivity index (χ4n) is 3.47. The second kappa shape index (κ2) is 11.3. The van der Waals surface area contributed by atoms with Crippen LogP contribution in [0.15, 0.2) is 0 Å². The van der Waals surface area contributed by atoms with E-state index in [1.165, 1.54) is 0 Å². The van der Waals surface area contributed by atoms with Crippen molar-refractivity contribution in [1.29, 1.82) is 0 Å². The molecule has 0 unspecified atom stereocenters. The van der Waals surface area contributed by atoms with Crippen LogP contribution < -0.4 is 0 Å². The summed E-state index contributed by atoms with van der Waals surface area (Å²) in [6, 6.07) is 0. The third kappa shape index (κ3) is 14.2. The first kappa shape index (κ1) is 29.4. The van der Waals surface area contributed by atoms with Gasteiger partial charge >= 0.3 is 17.9 Å². The monoisotopic (exact) mass is 442 g/mol. The van der Waals surface area contributed by atoms with Crippen molar-refractivity contribution in [2.75, 3.05) is 0 Å². The van der Waals surface area contributed by atoms with E-state index >= 15 is 0 Å². The van der Waals surface area contributed by atoms with Gasteiger partial charge in [0, 0.05) is 19.3 Å². The number of hydrogen-bond donors (Lipinski definition) is 0. The minimum Gasteiger partial charge on any atom is -0.460 e. The average Bonchev–Trinajstić information content (AvgIpc) is 2.49. The van der Waals surface area contributed by atoms with Gasteiger partial charge in [0.25, 0.3) is 0 Å². The lowest BCUT2D eigenvalue weighted by atomic mass is 9.67. The van der Waals surface area contributed by atoms with Crippen molar-refractivity contribution in [3.8, 4) is 0 Å². The van der Waals surface area contributed by atoms with Crippen molar-refractivity contribution in [3.63, 3.8) is 0 Å². The summed E-state index contributed by atoms with van der Waals surface area (Å²) in [5.74, 6) is -0.661. The van der Waals surface area contributed by atoms with Gasteiger partial charge < -0.3 is 14.2 Å². The molecule has 0 atom stereocenters. The predicted molar refractivity (Wildman–Crippen MR) is 123 cm³/mol. The van der Waals surface area contributed by atoms with E-state index < -0.39 is 16.8 Å². The molecule has 0 N–H and O–H groups in total. The van der Waals surface area contributed by atoms with Crippen molar-refractivity contribution < 1.29 is 28.6 Å². The fraction of sp³-hybridized carbons (Fsp3) is 0.880. The van der Waals surface area contributed by atoms with Crippen LogP contribution in [0.2, 0.25) is 0 Å². The van der Waals surface area contributed by atoms with Crippen LogP contribution in [0, 0.1) is 11.3 Å². The largest absolute Gasteiger partial charge is 0.460 e. The molecule has 0 heterocycles. The van der Waals surface area contributed by atoms with Crippen molar-refractivity contribution in [1.82, 2.24) is 0 Å². The van der Waals surface area contributed by atoms with Crippen LogP contribution in [-0.4, -0.2) is 34.7 Å². The van der Waals surface area contributed by atoms with E-state index in [1.807, 2.05) is 62.3 Å². The Balaban J connectivity index is 5.42. The second-order valence-electron chi connectivity index (χ2n) is 11.8. The summed E-state index contributed by atoms with van der Waals surface area (Å²) in [5.41, 5.74) is -2.04. The van der Waals surface area contributed by atoms with Crippen LogP contribution in [0.25, 0.3) is 0 Å². The van der Waals surface area contributed by atoms with Crippen LogP contribution in [0.1, 0.15) is 115 Å². The van der Waals surface area contributed by atoms with E-state index in [-0.39, 0.29) is 48.5 Å². The van der Waals surface area contributed by atoms with Gasteiger partial charge in [-0.15, -0.1) is 0 Å². The quantitative estimate of drug-likeness (QED) is 0.305. The maximum atomic E-state index is 12.4. The highest BCUT2D eigenvalue weighted by atomic mass is 16.6. The zero-order valence-corrected chi connectivity index (χ0v) is 21.8. The molecule has 0 aliphatic heterocycles. The Bertz CT molecular complexity index is 520. The summed E-state index contributed by atoms with van der Waals surface area (Å²) in [5, 5.41) is 0. The third-order valence-electron chi connectivity index (χ3n) is 4.97. The van der Waals surface area contributed by atoms with E-state index in [0.29, 0.717) is 19.3 Å². The summed E-state index contributed by atoms with van der Waals surface area (Å²) in [6.45, 7) is 20.7. The highest BCUT2D eigenvalue weighted by Crippen LogP contribution is 2.43. The Morgan fingerprint density at radius 1 is 0.548 bits per heavy atom. The van der Waals surface area contributed by atoms with E-state index in [0.717, 1.165) is 0 Å². The molecule has 182 valence electrons. The molecule has 0 aromatic heterocycles. The van der Waals surface area contributed by atoms with Gasteiger partial charge in [-0.05, 0) is 92.9 Å². The van der Waals surface area contributed by atoms with Gasteiger partial charge in [-0.25, -0.2) is 0 Å². The number of hydrogen-bond acceptors (Lipinski definition) is 6. The Morgan fingerprint density at radius 2 is 0.774 bits per heavy atom. The van der Waals surface area contributed by atoms with Gasteiger partial charge in [0.05, 0.1) is 0 Å². The van der Waals surface area contributed by atoms with Gasteiger partial charge in [0.2, 0.25) is 0 Å². The van der Waals surface area contributed by atoms with Gasteiger partial charge in [-0.1, -0.05) is 13.8 Å². The first-order valence-electron chi connectivity index (χ1n) is 11.4. The first-order chi connectivity index (χ1) is 13.7. The fourth-order valence-corrected chi connectivity index (χ4v) is 3.47. The summed E-state index contributed by atoms with van der Waals surface area (Å²) >= 11 is 0. The lowest BCUT2D eigenvalue weighted by molar-refractivity contribution is -0.156. The molecule has 31 heavy (non-hydrogen) atoms. The molecule has 0 aromatic rings. The van der Waals surface area contributed by atoms with Crippen LogP contribution in [0.4, 0.5) is 0 Å². The minimum atomic E-state index is -0.551. The van der Waals surface area contributed by atoms with Crippen molar-refractivity contribution in [3.05, 3.63) is 0 Å². The molecular weight excluding hydrogens is 396 g/mol. The zero-order valence-electron chi connectivity index (χ0n) is 21.8. The molecule has 6 heteroatoms. The maximum Gasteiger partial charge on any atom is 0.306 e. The Labute approximate surface area is 189 Å². The molecule has 0 bridgehead atoms. The van der Waals surface area contributed by atoms with Gasteiger partial charge in [-0.3, -0.25) is 14.4 Å². The number of rotatable bonds is 10. The van der Waals surface area contributed by atoms with Crippen LogP contribution in [0.3, 0.4) is 0 Å². The molecule has 0 rings (SSSR count). The first-order valence-corrected chi connectivity index (χ1v) is 11.4. The van der Waals surface area contributed by atoms with E-state index in [9.17, 15) is 14.4 Å². The number of carbonyl (C=O) groups is 3. The maximum absolute atomic E-state index is 12.4. The van der Waals surface area contributed by atoms with Crippen molar-refractivity contribution in [2.45, 2.75) is 131 Å². The van der Waals surface area contributed by atoms with Crippen molar-refractivity contribution in [2.24, 2.45) is 11.3 Å².